The van der Waals surface area contributed by atoms with E-state index in [1.54, 1.807) is 53.8 Å². The summed E-state index contributed by atoms with van der Waals surface area (Å²) in [6, 6.07) is 9.46. The number of hydrogen-bond donors (Lipinski definition) is 1. The Morgan fingerprint density at radius 1 is 1.29 bits per heavy atom. The number of rotatable bonds is 2. The molecule has 0 radical (unpaired) electrons. The normalized spacial score (nSPS) is 22.1. The highest BCUT2D eigenvalue weighted by molar-refractivity contribution is 5.40. The molecule has 0 aliphatic carbocycles. The van der Waals surface area contributed by atoms with Gasteiger partial charge >= 0.3 is 0 Å². The van der Waals surface area contributed by atoms with Gasteiger partial charge in [-0.2, -0.15) is 5.26 Å². The van der Waals surface area contributed by atoms with Crippen molar-refractivity contribution in [3.05, 3.63) is 83.5 Å². The van der Waals surface area contributed by atoms with Crippen LogP contribution >= 0.6 is 0 Å². The first-order valence-electron chi connectivity index (χ1n) is 7.48. The van der Waals surface area contributed by atoms with Crippen LogP contribution in [0.25, 0.3) is 0 Å². The molecular formula is C18H13FN4O. The molecule has 2 atom stereocenters. The van der Waals surface area contributed by atoms with Gasteiger partial charge in [-0.1, -0.05) is 12.1 Å². The number of imidazole rings is 1. The van der Waals surface area contributed by atoms with Crippen LogP contribution in [0, 0.1) is 17.1 Å². The summed E-state index contributed by atoms with van der Waals surface area (Å²) in [6.07, 6.45) is 6.70. The van der Waals surface area contributed by atoms with E-state index in [1.807, 2.05) is 6.07 Å². The highest BCUT2D eigenvalue weighted by atomic mass is 19.1. The van der Waals surface area contributed by atoms with Crippen molar-refractivity contribution >= 4 is 0 Å². The Hall–Kier alpha value is -3.04. The van der Waals surface area contributed by atoms with Gasteiger partial charge in [-0.3, -0.25) is 4.98 Å². The van der Waals surface area contributed by atoms with E-state index in [0.717, 1.165) is 0 Å². The lowest BCUT2D eigenvalue weighted by atomic mass is 9.87. The molecular weight excluding hydrogens is 307 g/mol. The van der Waals surface area contributed by atoms with Crippen molar-refractivity contribution in [3.63, 3.8) is 0 Å². The Bertz CT molecular complexity index is 947. The number of benzene rings is 1. The van der Waals surface area contributed by atoms with Crippen molar-refractivity contribution in [1.29, 1.82) is 5.26 Å². The molecule has 3 heterocycles. The minimum absolute atomic E-state index is 0.266. The van der Waals surface area contributed by atoms with Gasteiger partial charge in [-0.05, 0) is 18.2 Å². The Morgan fingerprint density at radius 2 is 2.17 bits per heavy atom. The first-order chi connectivity index (χ1) is 11.6. The fourth-order valence-corrected chi connectivity index (χ4v) is 3.36. The van der Waals surface area contributed by atoms with Crippen molar-refractivity contribution in [3.8, 4) is 6.07 Å². The number of nitriles is 1. The van der Waals surface area contributed by atoms with Crippen molar-refractivity contribution in [2.45, 2.75) is 18.1 Å². The lowest BCUT2D eigenvalue weighted by Crippen LogP contribution is -2.24. The van der Waals surface area contributed by atoms with E-state index >= 15 is 0 Å². The van der Waals surface area contributed by atoms with Gasteiger partial charge in [-0.15, -0.1) is 0 Å². The molecule has 1 aromatic carbocycles. The molecule has 0 amide bonds. The SMILES string of the molecule is N#Cc1ccc([C@H]2C[C@](O)(c3cccnc3)c3cncn32)c(F)c1. The molecule has 0 spiro atoms. The molecule has 0 unspecified atom stereocenters. The molecule has 6 heteroatoms. The van der Waals surface area contributed by atoms with Crippen molar-refractivity contribution in [1.82, 2.24) is 14.5 Å². The maximum absolute atomic E-state index is 14.5. The number of nitrogens with zero attached hydrogens (tertiary/aromatic N) is 4. The number of pyridine rings is 1. The van der Waals surface area contributed by atoms with Crippen LogP contribution in [0.4, 0.5) is 4.39 Å². The van der Waals surface area contributed by atoms with E-state index in [4.69, 9.17) is 5.26 Å². The van der Waals surface area contributed by atoms with Crippen LogP contribution in [0.5, 0.6) is 0 Å². The molecule has 0 saturated heterocycles. The lowest BCUT2D eigenvalue weighted by molar-refractivity contribution is 0.0789. The van der Waals surface area contributed by atoms with Crippen LogP contribution in [0.15, 0.2) is 55.2 Å². The standard InChI is InChI=1S/C18H13FN4O/c19-15-6-12(8-20)3-4-14(15)16-7-18(24,13-2-1-5-21-9-13)17-10-22-11-23(16)17/h1-6,9-11,16,24H,7H2/t16-,18+/m1/s1. The Kier molecular flexibility index (Phi) is 3.18. The minimum atomic E-state index is -1.28. The van der Waals surface area contributed by atoms with Gasteiger partial charge in [-0.25, -0.2) is 9.37 Å². The third-order valence-corrected chi connectivity index (χ3v) is 4.54. The Labute approximate surface area is 137 Å². The van der Waals surface area contributed by atoms with Gasteiger partial charge in [0.15, 0.2) is 0 Å². The molecule has 2 aromatic heterocycles. The summed E-state index contributed by atoms with van der Waals surface area (Å²) in [5.74, 6) is -0.464. The van der Waals surface area contributed by atoms with Crippen LogP contribution in [0.1, 0.15) is 34.8 Å². The molecule has 4 rings (SSSR count). The zero-order chi connectivity index (χ0) is 16.7. The van der Waals surface area contributed by atoms with E-state index in [1.165, 1.54) is 6.07 Å². The second kappa shape index (κ2) is 5.25. The number of hydrogen-bond acceptors (Lipinski definition) is 4. The fraction of sp³-hybridized carbons (Fsp3) is 0.167. The van der Waals surface area contributed by atoms with Crippen LogP contribution in [-0.4, -0.2) is 19.6 Å². The summed E-state index contributed by atoms with van der Waals surface area (Å²) in [5.41, 5.74) is 0.652. The maximum Gasteiger partial charge on any atom is 0.135 e. The largest absolute Gasteiger partial charge is 0.379 e. The van der Waals surface area contributed by atoms with Gasteiger partial charge in [0.2, 0.25) is 0 Å². The molecule has 1 aliphatic heterocycles. The molecule has 24 heavy (non-hydrogen) atoms. The summed E-state index contributed by atoms with van der Waals surface area (Å²) in [6.45, 7) is 0. The number of aromatic nitrogens is 3. The summed E-state index contributed by atoms with van der Waals surface area (Å²) in [5, 5.41) is 20.1. The van der Waals surface area contributed by atoms with Gasteiger partial charge in [0, 0.05) is 29.9 Å². The quantitative estimate of drug-likeness (QED) is 0.787. The van der Waals surface area contributed by atoms with Crippen LogP contribution in [-0.2, 0) is 5.60 Å². The van der Waals surface area contributed by atoms with E-state index in [-0.39, 0.29) is 12.0 Å². The molecule has 1 N–H and O–H groups in total. The van der Waals surface area contributed by atoms with Crippen molar-refractivity contribution in [2.24, 2.45) is 0 Å². The van der Waals surface area contributed by atoms with Crippen LogP contribution in [0.3, 0.4) is 0 Å². The molecule has 0 bridgehead atoms. The summed E-state index contributed by atoms with van der Waals surface area (Å²) < 4.78 is 16.2. The van der Waals surface area contributed by atoms with Gasteiger partial charge in [0.1, 0.15) is 11.4 Å². The third kappa shape index (κ3) is 2.02. The first kappa shape index (κ1) is 14.5. The zero-order valence-corrected chi connectivity index (χ0v) is 12.6. The van der Waals surface area contributed by atoms with Gasteiger partial charge < -0.3 is 9.67 Å². The topological polar surface area (TPSA) is 74.7 Å². The van der Waals surface area contributed by atoms with Crippen LogP contribution in [0.2, 0.25) is 0 Å². The van der Waals surface area contributed by atoms with Gasteiger partial charge in [0.25, 0.3) is 0 Å². The van der Waals surface area contributed by atoms with Crippen LogP contribution < -0.4 is 0 Å². The second-order valence-corrected chi connectivity index (χ2v) is 5.86. The van der Waals surface area contributed by atoms with E-state index in [0.29, 0.717) is 16.8 Å². The minimum Gasteiger partial charge on any atom is -0.379 e. The summed E-state index contributed by atoms with van der Waals surface area (Å²) in [4.78, 5) is 8.18. The highest BCUT2D eigenvalue weighted by Gasteiger charge is 2.45. The van der Waals surface area contributed by atoms with Gasteiger partial charge in [0.05, 0.1) is 35.9 Å². The highest BCUT2D eigenvalue weighted by Crippen LogP contribution is 2.46. The average molecular weight is 320 g/mol. The van der Waals surface area contributed by atoms with Crippen molar-refractivity contribution < 1.29 is 9.50 Å². The molecule has 3 aromatic rings. The third-order valence-electron chi connectivity index (χ3n) is 4.54. The monoisotopic (exact) mass is 320 g/mol. The molecule has 0 saturated carbocycles. The summed E-state index contributed by atoms with van der Waals surface area (Å²) >= 11 is 0. The van der Waals surface area contributed by atoms with Crippen molar-refractivity contribution in [2.75, 3.05) is 0 Å². The smallest absolute Gasteiger partial charge is 0.135 e. The number of aliphatic hydroxyl groups is 1. The number of halogens is 1. The predicted octanol–water partition coefficient (Wildman–Crippen LogP) is 2.52. The fourth-order valence-electron chi connectivity index (χ4n) is 3.36. The summed E-state index contributed by atoms with van der Waals surface area (Å²) in [7, 11) is 0. The molecule has 118 valence electrons. The number of fused-ring (bicyclic) bond motifs is 1. The second-order valence-electron chi connectivity index (χ2n) is 5.86. The zero-order valence-electron chi connectivity index (χ0n) is 12.6. The lowest BCUT2D eigenvalue weighted by Gasteiger charge is -2.22. The molecule has 1 aliphatic rings. The predicted molar refractivity (Wildman–Crippen MR) is 83.3 cm³/mol. The van der Waals surface area contributed by atoms with E-state index < -0.39 is 17.5 Å². The van der Waals surface area contributed by atoms with E-state index in [9.17, 15) is 9.50 Å². The Morgan fingerprint density at radius 3 is 2.88 bits per heavy atom. The molecule has 0 fully saturated rings. The van der Waals surface area contributed by atoms with E-state index in [2.05, 4.69) is 9.97 Å². The average Bonchev–Trinajstić information content (AvgIpc) is 3.19. The Balaban J connectivity index is 1.83. The molecule has 5 nitrogen and oxygen atoms in total. The first-order valence-corrected chi connectivity index (χ1v) is 7.48. The maximum atomic E-state index is 14.5.